The maximum absolute atomic E-state index is 12.9. The Morgan fingerprint density at radius 1 is 1.28 bits per heavy atom. The molecule has 1 aromatic heterocycles. The minimum Gasteiger partial charge on any atom is -0.298 e. The van der Waals surface area contributed by atoms with Crippen molar-refractivity contribution in [2.24, 2.45) is 5.92 Å². The molecule has 1 aromatic carbocycles. The molecular weight excluding hydrogens is 430 g/mol. The third kappa shape index (κ3) is 4.35. The average molecular weight is 454 g/mol. The first-order valence-corrected chi connectivity index (χ1v) is 12.6. The van der Waals surface area contributed by atoms with Gasteiger partial charge in [0.1, 0.15) is 0 Å². The molecule has 156 valence electrons. The number of carbonyl (C=O) groups excluding carboxylic acids is 1. The molecule has 6 nitrogen and oxygen atoms in total. The van der Waals surface area contributed by atoms with Crippen molar-refractivity contribution in [2.45, 2.75) is 50.3 Å². The van der Waals surface area contributed by atoms with Crippen LogP contribution in [0.4, 0.5) is 5.13 Å². The molecule has 4 rings (SSSR count). The Morgan fingerprint density at radius 2 is 2.03 bits per heavy atom. The molecule has 1 atom stereocenters. The van der Waals surface area contributed by atoms with E-state index in [1.807, 2.05) is 0 Å². The second-order valence-electron chi connectivity index (χ2n) is 7.80. The number of aromatic nitrogens is 1. The van der Waals surface area contributed by atoms with Gasteiger partial charge in [-0.15, -0.1) is 11.3 Å². The lowest BCUT2D eigenvalue weighted by Crippen LogP contribution is -2.35. The summed E-state index contributed by atoms with van der Waals surface area (Å²) in [5.74, 6) is 0.183. The van der Waals surface area contributed by atoms with E-state index in [0.29, 0.717) is 24.1 Å². The topological polar surface area (TPSA) is 79.4 Å². The molecule has 0 spiro atoms. The van der Waals surface area contributed by atoms with Gasteiger partial charge in [-0.25, -0.2) is 13.4 Å². The number of nitrogens with one attached hydrogen (secondary N) is 1. The Balaban J connectivity index is 1.57. The maximum Gasteiger partial charge on any atom is 0.259 e. The van der Waals surface area contributed by atoms with E-state index < -0.39 is 15.9 Å². The number of nitrogens with zero attached hydrogens (tertiary/aromatic N) is 2. The highest BCUT2D eigenvalue weighted by Gasteiger charge is 2.28. The minimum atomic E-state index is -3.63. The maximum atomic E-state index is 12.9. The Bertz CT molecular complexity index is 1030. The van der Waals surface area contributed by atoms with Gasteiger partial charge in [0.2, 0.25) is 10.0 Å². The first-order valence-electron chi connectivity index (χ1n) is 9.94. The largest absolute Gasteiger partial charge is 0.298 e. The molecule has 1 saturated heterocycles. The predicted octanol–water partition coefficient (Wildman–Crippen LogP) is 4.35. The second kappa shape index (κ2) is 8.34. The number of thiazole rings is 1. The van der Waals surface area contributed by atoms with Crippen LogP contribution in [0.5, 0.6) is 0 Å². The van der Waals surface area contributed by atoms with Crippen LogP contribution in [-0.2, 0) is 22.9 Å². The lowest BCUT2D eigenvalue weighted by atomic mass is 9.93. The van der Waals surface area contributed by atoms with Gasteiger partial charge in [0, 0.05) is 18.0 Å². The van der Waals surface area contributed by atoms with Crippen LogP contribution < -0.4 is 5.32 Å². The van der Waals surface area contributed by atoms with E-state index in [1.165, 1.54) is 38.7 Å². The summed E-state index contributed by atoms with van der Waals surface area (Å²) in [6.45, 7) is 3.24. The number of amides is 1. The van der Waals surface area contributed by atoms with Gasteiger partial charge in [-0.2, -0.15) is 4.31 Å². The van der Waals surface area contributed by atoms with Crippen molar-refractivity contribution in [3.8, 4) is 0 Å². The molecule has 0 radical (unpaired) electrons. The summed E-state index contributed by atoms with van der Waals surface area (Å²) < 4.78 is 27.4. The molecule has 1 unspecified atom stereocenters. The number of hydrogen-bond acceptors (Lipinski definition) is 5. The quantitative estimate of drug-likeness (QED) is 0.746. The molecule has 0 bridgehead atoms. The van der Waals surface area contributed by atoms with Gasteiger partial charge < -0.3 is 0 Å². The van der Waals surface area contributed by atoms with Crippen molar-refractivity contribution >= 4 is 44.0 Å². The lowest BCUT2D eigenvalue weighted by molar-refractivity contribution is 0.102. The normalized spacial score (nSPS) is 20.3. The second-order valence-corrected chi connectivity index (χ2v) is 11.2. The highest BCUT2D eigenvalue weighted by molar-refractivity contribution is 7.89. The van der Waals surface area contributed by atoms with E-state index in [1.54, 1.807) is 0 Å². The number of piperidine rings is 1. The van der Waals surface area contributed by atoms with E-state index in [-0.39, 0.29) is 15.5 Å². The fourth-order valence-corrected chi connectivity index (χ4v) is 6.76. The summed E-state index contributed by atoms with van der Waals surface area (Å²) in [4.78, 5) is 18.7. The highest BCUT2D eigenvalue weighted by Crippen LogP contribution is 2.33. The first-order chi connectivity index (χ1) is 13.8. The van der Waals surface area contributed by atoms with E-state index in [9.17, 15) is 13.2 Å². The summed E-state index contributed by atoms with van der Waals surface area (Å²) in [5, 5.41) is 3.56. The van der Waals surface area contributed by atoms with Crippen molar-refractivity contribution in [3.63, 3.8) is 0 Å². The van der Waals surface area contributed by atoms with Gasteiger partial charge in [-0.1, -0.05) is 24.9 Å². The number of halogens is 1. The molecule has 1 amide bonds. The van der Waals surface area contributed by atoms with Crippen LogP contribution in [0.25, 0.3) is 0 Å². The van der Waals surface area contributed by atoms with Crippen molar-refractivity contribution in [1.82, 2.24) is 9.29 Å². The van der Waals surface area contributed by atoms with Gasteiger partial charge in [0.05, 0.1) is 21.2 Å². The van der Waals surface area contributed by atoms with Crippen molar-refractivity contribution in [1.29, 1.82) is 0 Å². The minimum absolute atomic E-state index is 0.0983. The molecule has 2 heterocycles. The van der Waals surface area contributed by atoms with Crippen LogP contribution in [0.3, 0.4) is 0 Å². The molecule has 9 heteroatoms. The van der Waals surface area contributed by atoms with E-state index >= 15 is 0 Å². The molecule has 0 saturated carbocycles. The van der Waals surface area contributed by atoms with Crippen LogP contribution in [0.2, 0.25) is 5.02 Å². The highest BCUT2D eigenvalue weighted by atomic mass is 35.5. The van der Waals surface area contributed by atoms with Crippen molar-refractivity contribution in [3.05, 3.63) is 39.4 Å². The number of sulfonamides is 1. The summed E-state index contributed by atoms with van der Waals surface area (Å²) in [7, 11) is -3.63. The molecule has 1 aliphatic carbocycles. The van der Waals surface area contributed by atoms with Crippen LogP contribution in [0.1, 0.15) is 53.5 Å². The standard InChI is InChI=1S/C20H24ClN3O3S2/c1-13-5-8-17-18(11-13)28-20(22-17)23-19(25)15-12-14(6-7-16(15)21)29(26,27)24-9-3-2-4-10-24/h6-7,12-13H,2-5,8-11H2,1H3,(H,22,23,25). The summed E-state index contributed by atoms with van der Waals surface area (Å²) in [6.07, 6.45) is 5.75. The number of fused-ring (bicyclic) bond motifs is 1. The number of carbonyl (C=O) groups is 1. The van der Waals surface area contributed by atoms with Crippen LogP contribution >= 0.6 is 22.9 Å². The van der Waals surface area contributed by atoms with E-state index in [2.05, 4.69) is 17.2 Å². The summed E-state index contributed by atoms with van der Waals surface area (Å²) >= 11 is 7.71. The van der Waals surface area contributed by atoms with Crippen molar-refractivity contribution < 1.29 is 13.2 Å². The van der Waals surface area contributed by atoms with Gasteiger partial charge in [0.15, 0.2) is 5.13 Å². The van der Waals surface area contributed by atoms with Crippen LogP contribution in [0, 0.1) is 5.92 Å². The Morgan fingerprint density at radius 3 is 2.79 bits per heavy atom. The zero-order valence-corrected chi connectivity index (χ0v) is 18.7. The van der Waals surface area contributed by atoms with Gasteiger partial charge >= 0.3 is 0 Å². The third-order valence-electron chi connectivity index (χ3n) is 5.54. The number of rotatable bonds is 4. The molecule has 29 heavy (non-hydrogen) atoms. The molecule has 2 aliphatic rings. The molecular formula is C20H24ClN3O3S2. The molecule has 2 aromatic rings. The smallest absolute Gasteiger partial charge is 0.259 e. The van der Waals surface area contributed by atoms with E-state index in [4.69, 9.17) is 11.6 Å². The van der Waals surface area contributed by atoms with Gasteiger partial charge in [-0.05, 0) is 56.2 Å². The number of aryl methyl sites for hydroxylation is 1. The monoisotopic (exact) mass is 453 g/mol. The Kier molecular flexibility index (Phi) is 5.97. The van der Waals surface area contributed by atoms with Gasteiger partial charge in [0.25, 0.3) is 5.91 Å². The Labute approximate surface area is 180 Å². The summed E-state index contributed by atoms with van der Waals surface area (Å²) in [5.41, 5.74) is 1.20. The SMILES string of the molecule is CC1CCc2nc(NC(=O)c3cc(S(=O)(=O)N4CCCCC4)ccc3Cl)sc2C1. The average Bonchev–Trinajstić information content (AvgIpc) is 3.10. The first kappa shape index (κ1) is 20.8. The molecule has 1 N–H and O–H groups in total. The Hall–Kier alpha value is -1.48. The van der Waals surface area contributed by atoms with Gasteiger partial charge in [-0.3, -0.25) is 10.1 Å². The number of benzene rings is 1. The predicted molar refractivity (Wildman–Crippen MR) is 115 cm³/mol. The van der Waals surface area contributed by atoms with Crippen LogP contribution in [-0.4, -0.2) is 36.7 Å². The lowest BCUT2D eigenvalue weighted by Gasteiger charge is -2.26. The molecule has 1 fully saturated rings. The van der Waals surface area contributed by atoms with Crippen LogP contribution in [0.15, 0.2) is 23.1 Å². The van der Waals surface area contributed by atoms with Crippen molar-refractivity contribution in [2.75, 3.05) is 18.4 Å². The zero-order chi connectivity index (χ0) is 20.6. The third-order valence-corrected chi connectivity index (χ3v) is 8.80. The number of anilines is 1. The zero-order valence-electron chi connectivity index (χ0n) is 16.3. The van der Waals surface area contributed by atoms with E-state index in [0.717, 1.165) is 44.2 Å². The molecule has 1 aliphatic heterocycles. The number of hydrogen-bond donors (Lipinski definition) is 1. The summed E-state index contributed by atoms with van der Waals surface area (Å²) in [6, 6.07) is 4.31. The fourth-order valence-electron chi connectivity index (χ4n) is 3.85. The fraction of sp³-hybridized carbons (Fsp3) is 0.500.